The third-order valence-electron chi connectivity index (χ3n) is 7.19. The van der Waals surface area contributed by atoms with Crippen molar-refractivity contribution in [2.45, 2.75) is 82.8 Å². The van der Waals surface area contributed by atoms with E-state index in [1.165, 1.54) is 23.3 Å². The molecule has 0 bridgehead atoms. The van der Waals surface area contributed by atoms with Crippen molar-refractivity contribution in [3.8, 4) is 5.69 Å². The molecule has 0 radical (unpaired) electrons. The number of nitrogens with zero attached hydrogens (tertiary/aromatic N) is 2. The van der Waals surface area contributed by atoms with Gasteiger partial charge in [0.15, 0.2) is 0 Å². The van der Waals surface area contributed by atoms with Gasteiger partial charge in [-0.2, -0.15) is 5.10 Å². The van der Waals surface area contributed by atoms with Gasteiger partial charge in [0.2, 0.25) is 0 Å². The molecule has 0 saturated heterocycles. The van der Waals surface area contributed by atoms with Gasteiger partial charge < -0.3 is 20.1 Å². The molecule has 0 saturated carbocycles. The molecule has 4 rings (SSSR count). The Balaban J connectivity index is 0.00000420. The summed E-state index contributed by atoms with van der Waals surface area (Å²) in [6.07, 6.45) is 4.11. The third-order valence-corrected chi connectivity index (χ3v) is 7.19. The summed E-state index contributed by atoms with van der Waals surface area (Å²) in [5.41, 5.74) is 6.25. The standard InChI is InChI=1S/C31H37FN2O4.Na/c1-31(2,3)22-9-7-20(8-10-22)17-21-5-4-6-27-28(16-15-25(35)18-26(36)19-29(37)38)34(33-30(21)27)24-13-11-23(32)12-14-24;/h7-16,21,25-26,35-36H,4-6,17-19H2,1-3H3,(H,37,38);/q;+1/p-1/b16-15+;/t21?,25-,26-;/m0./s1. The monoisotopic (exact) mass is 542 g/mol. The number of hydrogen-bond acceptors (Lipinski definition) is 5. The summed E-state index contributed by atoms with van der Waals surface area (Å²) in [6.45, 7) is 6.61. The van der Waals surface area contributed by atoms with Crippen LogP contribution in [0.2, 0.25) is 0 Å². The number of carboxylic acids is 1. The Morgan fingerprint density at radius 1 is 1.15 bits per heavy atom. The number of carbonyl (C=O) groups excluding carboxylic acids is 1. The molecule has 39 heavy (non-hydrogen) atoms. The van der Waals surface area contributed by atoms with Crippen LogP contribution < -0.4 is 34.7 Å². The van der Waals surface area contributed by atoms with Crippen molar-refractivity contribution in [2.75, 3.05) is 0 Å². The maximum absolute atomic E-state index is 13.7. The molecule has 1 aliphatic carbocycles. The molecule has 202 valence electrons. The van der Waals surface area contributed by atoms with Crippen LogP contribution in [-0.2, 0) is 23.1 Å². The number of benzene rings is 2. The molecule has 1 aromatic heterocycles. The molecular weight excluding hydrogens is 506 g/mol. The second kappa shape index (κ2) is 13.4. The topological polar surface area (TPSA) is 98.4 Å². The zero-order valence-corrected chi connectivity index (χ0v) is 25.2. The molecule has 1 unspecified atom stereocenters. The predicted octanol–water partition coefficient (Wildman–Crippen LogP) is 1.24. The smallest absolute Gasteiger partial charge is 0.550 e. The quantitative estimate of drug-likeness (QED) is 0.397. The van der Waals surface area contributed by atoms with Crippen molar-refractivity contribution >= 4 is 12.0 Å². The Morgan fingerprint density at radius 3 is 2.44 bits per heavy atom. The summed E-state index contributed by atoms with van der Waals surface area (Å²) < 4.78 is 15.4. The van der Waals surface area contributed by atoms with E-state index in [0.29, 0.717) is 5.69 Å². The van der Waals surface area contributed by atoms with Crippen LogP contribution in [0.25, 0.3) is 11.8 Å². The van der Waals surface area contributed by atoms with E-state index >= 15 is 0 Å². The maximum Gasteiger partial charge on any atom is 1.00 e. The van der Waals surface area contributed by atoms with E-state index in [-0.39, 0.29) is 53.1 Å². The summed E-state index contributed by atoms with van der Waals surface area (Å²) in [5, 5.41) is 36.0. The largest absolute Gasteiger partial charge is 1.00 e. The van der Waals surface area contributed by atoms with Crippen LogP contribution in [0.1, 0.15) is 80.5 Å². The van der Waals surface area contributed by atoms with E-state index in [1.54, 1.807) is 29.0 Å². The van der Waals surface area contributed by atoms with Crippen LogP contribution in [-0.4, -0.2) is 38.2 Å². The number of aliphatic hydroxyl groups is 2. The SMILES string of the molecule is CC(C)(C)c1ccc(CC2CCCc3c2nn(-c2ccc(F)cc2)c3/C=C/[C@H](O)C[C@H](O)CC(=O)[O-])cc1.[Na+]. The van der Waals surface area contributed by atoms with Gasteiger partial charge in [0.25, 0.3) is 0 Å². The molecule has 2 N–H and O–H groups in total. The van der Waals surface area contributed by atoms with Gasteiger partial charge in [0, 0.05) is 30.3 Å². The average Bonchev–Trinajstić information content (AvgIpc) is 3.22. The Kier molecular flexibility index (Phi) is 10.7. The minimum Gasteiger partial charge on any atom is -0.550 e. The Hall–Kier alpha value is -2.29. The Bertz CT molecular complexity index is 1280. The first-order valence-electron chi connectivity index (χ1n) is 13.2. The van der Waals surface area contributed by atoms with Crippen LogP contribution in [0.5, 0.6) is 0 Å². The maximum atomic E-state index is 13.7. The van der Waals surface area contributed by atoms with Crippen molar-refractivity contribution in [3.63, 3.8) is 0 Å². The van der Waals surface area contributed by atoms with E-state index < -0.39 is 24.6 Å². The minimum atomic E-state index is -1.36. The molecule has 0 aliphatic heterocycles. The zero-order chi connectivity index (χ0) is 27.4. The van der Waals surface area contributed by atoms with Gasteiger partial charge in [0.1, 0.15) is 5.82 Å². The number of aliphatic hydroxyl groups excluding tert-OH is 2. The van der Waals surface area contributed by atoms with E-state index in [0.717, 1.165) is 42.6 Å². The number of aliphatic carboxylic acids is 1. The first kappa shape index (κ1) is 31.2. The molecule has 0 amide bonds. The molecular formula is C31H36FN2NaO4. The van der Waals surface area contributed by atoms with Crippen LogP contribution in [0.15, 0.2) is 54.6 Å². The first-order chi connectivity index (χ1) is 18.0. The molecule has 3 aromatic rings. The van der Waals surface area contributed by atoms with Gasteiger partial charge >= 0.3 is 29.6 Å². The van der Waals surface area contributed by atoms with Crippen LogP contribution >= 0.6 is 0 Å². The van der Waals surface area contributed by atoms with Crippen LogP contribution in [0.4, 0.5) is 4.39 Å². The van der Waals surface area contributed by atoms with Gasteiger partial charge in [-0.15, -0.1) is 0 Å². The second-order valence-corrected chi connectivity index (χ2v) is 11.3. The Morgan fingerprint density at radius 2 is 1.82 bits per heavy atom. The molecule has 2 aromatic carbocycles. The van der Waals surface area contributed by atoms with Crippen LogP contribution in [0.3, 0.4) is 0 Å². The van der Waals surface area contributed by atoms with Crippen LogP contribution in [0, 0.1) is 5.82 Å². The fraction of sp³-hybridized carbons (Fsp3) is 0.419. The van der Waals surface area contributed by atoms with E-state index in [4.69, 9.17) is 5.10 Å². The molecule has 1 heterocycles. The third kappa shape index (κ3) is 8.12. The predicted molar refractivity (Wildman–Crippen MR) is 143 cm³/mol. The number of carbonyl (C=O) groups is 1. The fourth-order valence-electron chi connectivity index (χ4n) is 5.14. The van der Waals surface area contributed by atoms with Gasteiger partial charge in [-0.25, -0.2) is 9.07 Å². The van der Waals surface area contributed by atoms with Gasteiger partial charge in [-0.05, 0) is 72.6 Å². The van der Waals surface area contributed by atoms with E-state index in [9.17, 15) is 24.5 Å². The number of aromatic nitrogens is 2. The number of hydrogen-bond donors (Lipinski definition) is 2. The molecule has 6 nitrogen and oxygen atoms in total. The Labute approximate surface area is 251 Å². The molecule has 8 heteroatoms. The number of carboxylic acid groups (broad SMARTS) is 1. The fourth-order valence-corrected chi connectivity index (χ4v) is 5.14. The van der Waals surface area contributed by atoms with E-state index in [1.807, 2.05) is 0 Å². The van der Waals surface area contributed by atoms with Gasteiger partial charge in [-0.1, -0.05) is 51.1 Å². The molecule has 0 spiro atoms. The first-order valence-corrected chi connectivity index (χ1v) is 13.2. The summed E-state index contributed by atoms with van der Waals surface area (Å²) in [4.78, 5) is 10.7. The van der Waals surface area contributed by atoms with E-state index in [2.05, 4.69) is 45.0 Å². The van der Waals surface area contributed by atoms with Gasteiger partial charge in [-0.3, -0.25) is 0 Å². The average molecular weight is 543 g/mol. The molecule has 3 atom stereocenters. The summed E-state index contributed by atoms with van der Waals surface area (Å²) in [7, 11) is 0. The zero-order valence-electron chi connectivity index (χ0n) is 23.2. The number of rotatable bonds is 9. The van der Waals surface area contributed by atoms with Crippen molar-refractivity contribution in [1.29, 1.82) is 0 Å². The summed E-state index contributed by atoms with van der Waals surface area (Å²) in [5.74, 6) is -1.48. The minimum absolute atomic E-state index is 0. The van der Waals surface area contributed by atoms with Crippen molar-refractivity contribution < 1.29 is 54.1 Å². The second-order valence-electron chi connectivity index (χ2n) is 11.3. The summed E-state index contributed by atoms with van der Waals surface area (Å²) in [6, 6.07) is 14.9. The number of halogens is 1. The molecule has 1 aliphatic rings. The van der Waals surface area contributed by atoms with Crippen molar-refractivity contribution in [1.82, 2.24) is 9.78 Å². The van der Waals surface area contributed by atoms with Gasteiger partial charge in [0.05, 0.1) is 29.3 Å². The van der Waals surface area contributed by atoms with Crippen molar-refractivity contribution in [3.05, 3.63) is 88.5 Å². The summed E-state index contributed by atoms with van der Waals surface area (Å²) >= 11 is 0. The molecule has 0 fully saturated rings. The normalized spacial score (nSPS) is 16.9. The van der Waals surface area contributed by atoms with Crippen molar-refractivity contribution in [2.24, 2.45) is 0 Å². The number of fused-ring (bicyclic) bond motifs is 1.